The second kappa shape index (κ2) is 8.21. The van der Waals surface area contributed by atoms with Crippen molar-refractivity contribution in [1.29, 1.82) is 0 Å². The second-order valence-corrected chi connectivity index (χ2v) is 10.4. The predicted octanol–water partition coefficient (Wildman–Crippen LogP) is 5.43. The van der Waals surface area contributed by atoms with E-state index >= 15 is 0 Å². The Balaban J connectivity index is 1.73. The van der Waals surface area contributed by atoms with Crippen LogP contribution in [0.25, 0.3) is 5.76 Å². The van der Waals surface area contributed by atoms with Crippen molar-refractivity contribution in [3.8, 4) is 0 Å². The lowest BCUT2D eigenvalue weighted by Gasteiger charge is -2.39. The quantitative estimate of drug-likeness (QED) is 0.616. The number of allylic oxidation sites excluding steroid dienone is 5. The van der Waals surface area contributed by atoms with Gasteiger partial charge in [-0.1, -0.05) is 26.0 Å². The van der Waals surface area contributed by atoms with Crippen LogP contribution < -0.4 is 0 Å². The average Bonchev–Trinajstić information content (AvgIpc) is 3.07. The Kier molecular flexibility index (Phi) is 5.69. The van der Waals surface area contributed by atoms with Gasteiger partial charge in [0.1, 0.15) is 11.4 Å². The van der Waals surface area contributed by atoms with Crippen LogP contribution >= 0.6 is 0 Å². The topological polar surface area (TPSA) is 60.8 Å². The highest BCUT2D eigenvalue weighted by atomic mass is 19.4. The summed E-state index contributed by atoms with van der Waals surface area (Å²) in [6, 6.07) is 0. The van der Waals surface area contributed by atoms with Crippen molar-refractivity contribution < 1.29 is 32.5 Å². The van der Waals surface area contributed by atoms with Gasteiger partial charge in [0.2, 0.25) is 0 Å². The molecule has 0 saturated carbocycles. The van der Waals surface area contributed by atoms with Crippen LogP contribution in [0.5, 0.6) is 0 Å². The summed E-state index contributed by atoms with van der Waals surface area (Å²) < 4.78 is 57.4. The maximum atomic E-state index is 13.2. The fourth-order valence-electron chi connectivity index (χ4n) is 5.81. The molecule has 1 unspecified atom stereocenters. The molecule has 1 atom stereocenters. The summed E-state index contributed by atoms with van der Waals surface area (Å²) in [7, 11) is 1.60. The van der Waals surface area contributed by atoms with Crippen LogP contribution in [0.3, 0.4) is 0 Å². The zero-order valence-corrected chi connectivity index (χ0v) is 19.7. The molecule has 1 aromatic heterocycles. The van der Waals surface area contributed by atoms with Crippen LogP contribution in [0.1, 0.15) is 73.7 Å². The van der Waals surface area contributed by atoms with Crippen LogP contribution in [0.2, 0.25) is 0 Å². The first-order valence-corrected chi connectivity index (χ1v) is 11.7. The fraction of sp³-hybridized carbons (Fsp3) is 0.577. The monoisotopic (exact) mass is 477 g/mol. The Hall–Kier alpha value is -2.16. The van der Waals surface area contributed by atoms with Gasteiger partial charge in [-0.05, 0) is 36.3 Å². The van der Waals surface area contributed by atoms with Gasteiger partial charge in [0.15, 0.2) is 0 Å². The Morgan fingerprint density at radius 2 is 1.94 bits per heavy atom. The van der Waals surface area contributed by atoms with Crippen molar-refractivity contribution in [1.82, 2.24) is 4.98 Å². The Morgan fingerprint density at radius 1 is 1.21 bits per heavy atom. The van der Waals surface area contributed by atoms with Gasteiger partial charge in [0.25, 0.3) is 0 Å². The lowest BCUT2D eigenvalue weighted by Crippen LogP contribution is -2.37. The number of aliphatic hydroxyl groups is 1. The Morgan fingerprint density at radius 3 is 2.56 bits per heavy atom. The van der Waals surface area contributed by atoms with Crippen LogP contribution in [0, 0.1) is 5.41 Å². The van der Waals surface area contributed by atoms with Crippen LogP contribution in [-0.4, -0.2) is 36.6 Å². The molecule has 2 aliphatic heterocycles. The zero-order chi connectivity index (χ0) is 24.3. The van der Waals surface area contributed by atoms with Gasteiger partial charge in [-0.3, -0.25) is 4.98 Å². The number of nitrogens with zero attached hydrogens (tertiary/aromatic N) is 1. The van der Waals surface area contributed by atoms with Gasteiger partial charge in [-0.15, -0.1) is 0 Å². The third-order valence-electron chi connectivity index (χ3n) is 7.30. The lowest BCUT2D eigenvalue weighted by molar-refractivity contribution is -0.0885. The Bertz CT molecular complexity index is 1090. The number of aliphatic hydroxyl groups excluding tert-OH is 1. The molecule has 34 heavy (non-hydrogen) atoms. The second-order valence-electron chi connectivity index (χ2n) is 10.4. The van der Waals surface area contributed by atoms with Gasteiger partial charge in [0, 0.05) is 42.3 Å². The van der Waals surface area contributed by atoms with Gasteiger partial charge in [-0.25, -0.2) is 0 Å². The van der Waals surface area contributed by atoms with Crippen LogP contribution in [0.4, 0.5) is 13.2 Å². The molecular formula is C26H30F3NO4. The van der Waals surface area contributed by atoms with E-state index in [9.17, 15) is 18.3 Å². The van der Waals surface area contributed by atoms with E-state index in [1.807, 2.05) is 0 Å². The summed E-state index contributed by atoms with van der Waals surface area (Å²) in [5, 5.41) is 11.3. The molecule has 0 amide bonds. The minimum absolute atomic E-state index is 0.103. The predicted molar refractivity (Wildman–Crippen MR) is 120 cm³/mol. The fourth-order valence-corrected chi connectivity index (χ4v) is 5.81. The number of fused-ring (bicyclic) bond motifs is 4. The van der Waals surface area contributed by atoms with Crippen molar-refractivity contribution in [2.45, 2.75) is 70.4 Å². The van der Waals surface area contributed by atoms with Gasteiger partial charge >= 0.3 is 6.18 Å². The first-order valence-electron chi connectivity index (χ1n) is 11.7. The zero-order valence-electron chi connectivity index (χ0n) is 19.7. The highest BCUT2D eigenvalue weighted by Crippen LogP contribution is 2.56. The number of aromatic nitrogens is 1. The van der Waals surface area contributed by atoms with Crippen molar-refractivity contribution in [2.24, 2.45) is 5.41 Å². The molecule has 1 spiro atoms. The number of alkyl halides is 3. The molecule has 184 valence electrons. The first-order chi connectivity index (χ1) is 16.0. The lowest BCUT2D eigenvalue weighted by atomic mass is 9.70. The van der Waals surface area contributed by atoms with E-state index in [4.69, 9.17) is 19.2 Å². The molecule has 0 bridgehead atoms. The summed E-state index contributed by atoms with van der Waals surface area (Å²) in [5.41, 5.74) is 3.28. The molecule has 0 aromatic carbocycles. The van der Waals surface area contributed by atoms with Gasteiger partial charge in [0.05, 0.1) is 37.2 Å². The molecule has 1 aromatic rings. The third kappa shape index (κ3) is 3.89. The maximum absolute atomic E-state index is 13.2. The Labute approximate surface area is 197 Å². The number of halogens is 3. The highest BCUT2D eigenvalue weighted by Gasteiger charge is 2.51. The van der Waals surface area contributed by atoms with E-state index in [-0.39, 0.29) is 18.4 Å². The molecule has 3 heterocycles. The number of ether oxygens (including phenoxy) is 3. The maximum Gasteiger partial charge on any atom is 0.416 e. The molecule has 5 nitrogen and oxygen atoms in total. The molecular weight excluding hydrogens is 447 g/mol. The van der Waals surface area contributed by atoms with Crippen LogP contribution in [-0.2, 0) is 32.8 Å². The summed E-state index contributed by atoms with van der Waals surface area (Å²) in [6.07, 6.45) is 1.34. The number of methoxy groups -OCH3 is 1. The molecule has 8 heteroatoms. The minimum Gasteiger partial charge on any atom is -0.481 e. The summed E-state index contributed by atoms with van der Waals surface area (Å²) in [6.45, 7) is 5.50. The molecule has 0 radical (unpaired) electrons. The number of hydrogen-bond donors (Lipinski definition) is 1. The van der Waals surface area contributed by atoms with E-state index in [0.717, 1.165) is 34.9 Å². The van der Waals surface area contributed by atoms with E-state index in [1.165, 1.54) is 12.2 Å². The van der Waals surface area contributed by atoms with Gasteiger partial charge < -0.3 is 19.3 Å². The van der Waals surface area contributed by atoms with E-state index < -0.39 is 23.5 Å². The number of pyridine rings is 1. The molecule has 1 fully saturated rings. The summed E-state index contributed by atoms with van der Waals surface area (Å²) >= 11 is 0. The van der Waals surface area contributed by atoms with Crippen molar-refractivity contribution in [2.75, 3.05) is 20.3 Å². The largest absolute Gasteiger partial charge is 0.481 e. The van der Waals surface area contributed by atoms with Crippen LogP contribution in [0.15, 0.2) is 29.4 Å². The first kappa shape index (κ1) is 23.6. The molecule has 5 rings (SSSR count). The highest BCUT2D eigenvalue weighted by molar-refractivity contribution is 5.77. The minimum atomic E-state index is -4.39. The average molecular weight is 478 g/mol. The normalized spacial score (nSPS) is 27.3. The third-order valence-corrected chi connectivity index (χ3v) is 7.30. The molecule has 1 saturated heterocycles. The summed E-state index contributed by atoms with van der Waals surface area (Å²) in [4.78, 5) is 4.95. The van der Waals surface area contributed by atoms with E-state index in [0.29, 0.717) is 49.5 Å². The van der Waals surface area contributed by atoms with Crippen molar-refractivity contribution in [3.05, 3.63) is 57.5 Å². The number of hydrogen-bond acceptors (Lipinski definition) is 5. The standard InChI is InChI=1S/C26H30F3NO4/c1-24(2)12-17-20(19(31)13-24)22-21(18(30-17)14-32-3)23(34-25(22)8-10-33-11-9-25)15-4-6-16(7-5-15)26(27,28)29/h4,6-7,19,31H,5,8-14H2,1-3H3/b23-15-. The molecule has 2 aliphatic carbocycles. The smallest absolute Gasteiger partial charge is 0.416 e. The SMILES string of the molecule is COCc1nc2c(c3c1/C(=C1\C=CC(C(F)(F)F)=CC1)OC31CCOCC1)C(O)CC(C)(C)C2. The van der Waals surface area contributed by atoms with E-state index in [1.54, 1.807) is 7.11 Å². The van der Waals surface area contributed by atoms with E-state index in [2.05, 4.69) is 13.8 Å². The number of rotatable bonds is 2. The van der Waals surface area contributed by atoms with Gasteiger partial charge in [-0.2, -0.15) is 13.2 Å². The summed E-state index contributed by atoms with van der Waals surface area (Å²) in [5.74, 6) is 0.546. The molecule has 1 N–H and O–H groups in total. The molecule has 4 aliphatic rings. The van der Waals surface area contributed by atoms with Crippen molar-refractivity contribution in [3.63, 3.8) is 0 Å². The van der Waals surface area contributed by atoms with Crippen molar-refractivity contribution >= 4 is 5.76 Å².